The Morgan fingerprint density at radius 3 is 1.96 bits per heavy atom. The van der Waals surface area contributed by atoms with Crippen LogP contribution in [-0.4, -0.2) is 0 Å². The second-order valence-electron chi connectivity index (χ2n) is 5.07. The minimum Gasteiger partial charge on any atom is -0.192 e. The molecule has 3 aromatic rings. The maximum Gasteiger partial charge on any atom is 0.138 e. The van der Waals surface area contributed by atoms with Gasteiger partial charge in [0, 0.05) is 20.9 Å². The van der Waals surface area contributed by atoms with Gasteiger partial charge in [-0.1, -0.05) is 30.3 Å². The highest BCUT2D eigenvalue weighted by molar-refractivity contribution is 7.13. The molecule has 0 fully saturated rings. The Labute approximate surface area is 147 Å². The molecule has 0 saturated heterocycles. The number of nitrogens with zero attached hydrogens (tertiary/aromatic N) is 4. The molecule has 0 N–H and O–H groups in total. The lowest BCUT2D eigenvalue weighted by molar-refractivity contribution is 1.48. The van der Waals surface area contributed by atoms with E-state index in [1.54, 1.807) is 30.3 Å². The first kappa shape index (κ1) is 16.0. The van der Waals surface area contributed by atoms with Crippen LogP contribution in [0, 0.1) is 45.3 Å². The number of hydrogen-bond acceptors (Lipinski definition) is 5. The Morgan fingerprint density at radius 1 is 0.760 bits per heavy atom. The number of rotatable bonds is 1. The van der Waals surface area contributed by atoms with Gasteiger partial charge in [-0.3, -0.25) is 0 Å². The lowest BCUT2D eigenvalue weighted by Gasteiger charge is -2.07. The monoisotopic (exact) mass is 336 g/mol. The molecule has 0 unspecified atom stereocenters. The predicted octanol–water partition coefficient (Wildman–Crippen LogP) is 2.96. The molecular weight excluding hydrogens is 328 g/mol. The first-order valence-electron chi connectivity index (χ1n) is 7.19. The molecule has 2 aromatic carbocycles. The van der Waals surface area contributed by atoms with E-state index in [1.165, 1.54) is 11.3 Å². The standard InChI is InChI=1S/C20H8N4S/c21-9-13(10-22)17-8-18(19-6-3-7-25-19)20(14(11-23)12-24)16-5-2-1-4-15(16)17/h1-8H. The van der Waals surface area contributed by atoms with Gasteiger partial charge in [0.1, 0.15) is 35.4 Å². The van der Waals surface area contributed by atoms with Gasteiger partial charge in [-0.25, -0.2) is 0 Å². The highest BCUT2D eigenvalue weighted by atomic mass is 32.1. The molecule has 0 aliphatic heterocycles. The van der Waals surface area contributed by atoms with Crippen LogP contribution >= 0.6 is 11.3 Å². The molecule has 1 aromatic heterocycles. The minimum atomic E-state index is -0.00368. The largest absolute Gasteiger partial charge is 0.192 e. The summed E-state index contributed by atoms with van der Waals surface area (Å²) in [4.78, 5) is 0.861. The number of hydrogen-bond donors (Lipinski definition) is 0. The Bertz CT molecular complexity index is 1240. The van der Waals surface area contributed by atoms with Gasteiger partial charge in [0.2, 0.25) is 0 Å². The smallest absolute Gasteiger partial charge is 0.138 e. The van der Waals surface area contributed by atoms with Crippen LogP contribution in [0.2, 0.25) is 0 Å². The van der Waals surface area contributed by atoms with Crippen molar-refractivity contribution in [3.63, 3.8) is 0 Å². The topological polar surface area (TPSA) is 95.2 Å². The quantitative estimate of drug-likeness (QED) is 0.682. The molecule has 0 amide bonds. The van der Waals surface area contributed by atoms with Crippen LogP contribution in [0.4, 0.5) is 0 Å². The van der Waals surface area contributed by atoms with Gasteiger partial charge in [0.15, 0.2) is 0 Å². The highest BCUT2D eigenvalue weighted by Gasteiger charge is 2.12. The lowest BCUT2D eigenvalue weighted by atomic mass is 9.95. The lowest BCUT2D eigenvalue weighted by Crippen LogP contribution is -2.18. The van der Waals surface area contributed by atoms with Crippen LogP contribution in [0.15, 0.2) is 47.8 Å². The third-order valence-electron chi connectivity index (χ3n) is 3.80. The van der Waals surface area contributed by atoms with Gasteiger partial charge in [0.05, 0.1) is 0 Å². The van der Waals surface area contributed by atoms with Gasteiger partial charge < -0.3 is 0 Å². The number of benzene rings is 2. The van der Waals surface area contributed by atoms with E-state index in [4.69, 9.17) is 0 Å². The van der Waals surface area contributed by atoms with Crippen molar-refractivity contribution in [2.24, 2.45) is 0 Å². The van der Waals surface area contributed by atoms with Crippen molar-refractivity contribution in [1.82, 2.24) is 0 Å². The van der Waals surface area contributed by atoms with Crippen molar-refractivity contribution in [3.8, 4) is 34.7 Å². The van der Waals surface area contributed by atoms with Crippen molar-refractivity contribution < 1.29 is 0 Å². The third-order valence-corrected chi connectivity index (χ3v) is 4.70. The molecule has 3 rings (SSSR count). The molecule has 0 spiro atoms. The van der Waals surface area contributed by atoms with Crippen molar-refractivity contribution in [1.29, 1.82) is 21.0 Å². The zero-order valence-electron chi connectivity index (χ0n) is 12.8. The van der Waals surface area contributed by atoms with E-state index in [0.717, 1.165) is 4.88 Å². The second kappa shape index (κ2) is 6.69. The van der Waals surface area contributed by atoms with Gasteiger partial charge in [0.25, 0.3) is 0 Å². The summed E-state index contributed by atoms with van der Waals surface area (Å²) in [6, 6.07) is 20.4. The van der Waals surface area contributed by atoms with E-state index in [9.17, 15) is 21.0 Å². The van der Waals surface area contributed by atoms with Crippen molar-refractivity contribution in [3.05, 3.63) is 58.3 Å². The van der Waals surface area contributed by atoms with E-state index in [-0.39, 0.29) is 11.1 Å². The Morgan fingerprint density at radius 2 is 1.40 bits per heavy atom. The summed E-state index contributed by atoms with van der Waals surface area (Å²) in [5, 5.41) is 41.7. The fourth-order valence-electron chi connectivity index (χ4n) is 2.76. The average molecular weight is 336 g/mol. The number of nitriles is 4. The molecule has 0 radical (unpaired) electrons. The van der Waals surface area contributed by atoms with E-state index in [1.807, 2.05) is 41.8 Å². The molecule has 5 heteroatoms. The van der Waals surface area contributed by atoms with Gasteiger partial charge >= 0.3 is 0 Å². The maximum atomic E-state index is 9.42. The van der Waals surface area contributed by atoms with E-state index >= 15 is 0 Å². The molecular formula is C20H8N4S. The summed E-state index contributed by atoms with van der Waals surface area (Å²) in [6.45, 7) is 0. The molecule has 114 valence electrons. The van der Waals surface area contributed by atoms with Crippen LogP contribution in [0.1, 0.15) is 0 Å². The second-order valence-corrected chi connectivity index (χ2v) is 6.01. The Hall–Kier alpha value is -3.90. The SMILES string of the molecule is N#CC(C#N)=c1cc(-c2cccs2)c(=C(C#N)C#N)c2ccccc12. The number of fused-ring (bicyclic) bond motifs is 1. The van der Waals surface area contributed by atoms with Gasteiger partial charge in [-0.2, -0.15) is 21.0 Å². The number of thiophene rings is 1. The molecule has 0 bridgehead atoms. The first-order valence-corrected chi connectivity index (χ1v) is 8.07. The fraction of sp³-hybridized carbons (Fsp3) is 0. The van der Waals surface area contributed by atoms with Crippen LogP contribution < -0.4 is 10.4 Å². The molecule has 25 heavy (non-hydrogen) atoms. The molecule has 1 heterocycles. The van der Waals surface area contributed by atoms with E-state index in [0.29, 0.717) is 26.8 Å². The Balaban J connectivity index is 2.77. The van der Waals surface area contributed by atoms with E-state index < -0.39 is 0 Å². The van der Waals surface area contributed by atoms with Crippen LogP contribution in [0.25, 0.3) is 32.4 Å². The average Bonchev–Trinajstić information content (AvgIpc) is 3.19. The van der Waals surface area contributed by atoms with Crippen molar-refractivity contribution in [2.75, 3.05) is 0 Å². The normalized spacial score (nSPS) is 9.44. The van der Waals surface area contributed by atoms with Gasteiger partial charge in [-0.05, 0) is 28.3 Å². The highest BCUT2D eigenvalue weighted by Crippen LogP contribution is 2.23. The third kappa shape index (κ3) is 2.62. The minimum absolute atomic E-state index is 0.00150. The van der Waals surface area contributed by atoms with Crippen LogP contribution in [-0.2, 0) is 0 Å². The molecule has 4 nitrogen and oxygen atoms in total. The summed E-state index contributed by atoms with van der Waals surface area (Å²) >= 11 is 1.47. The van der Waals surface area contributed by atoms with Crippen molar-refractivity contribution >= 4 is 33.3 Å². The Kier molecular flexibility index (Phi) is 4.28. The molecule has 0 atom stereocenters. The fourth-order valence-corrected chi connectivity index (χ4v) is 3.51. The molecule has 0 saturated carbocycles. The summed E-state index contributed by atoms with van der Waals surface area (Å²) < 4.78 is 0. The van der Waals surface area contributed by atoms with E-state index in [2.05, 4.69) is 0 Å². The molecule has 0 aliphatic carbocycles. The van der Waals surface area contributed by atoms with Crippen LogP contribution in [0.5, 0.6) is 0 Å². The van der Waals surface area contributed by atoms with Gasteiger partial charge in [-0.15, -0.1) is 11.3 Å². The summed E-state index contributed by atoms with van der Waals surface area (Å²) in [5.41, 5.74) is 0.669. The maximum absolute atomic E-state index is 9.42. The van der Waals surface area contributed by atoms with Crippen LogP contribution in [0.3, 0.4) is 0 Å². The summed E-state index contributed by atoms with van der Waals surface area (Å²) in [7, 11) is 0. The summed E-state index contributed by atoms with van der Waals surface area (Å²) in [5.74, 6) is 0. The zero-order chi connectivity index (χ0) is 17.8. The zero-order valence-corrected chi connectivity index (χ0v) is 13.6. The summed E-state index contributed by atoms with van der Waals surface area (Å²) in [6.07, 6.45) is 0. The van der Waals surface area contributed by atoms with Crippen molar-refractivity contribution in [2.45, 2.75) is 0 Å². The first-order chi connectivity index (χ1) is 12.2. The predicted molar refractivity (Wildman–Crippen MR) is 95.8 cm³/mol. The molecule has 0 aliphatic rings.